The number of thioether (sulfide) groups is 1. The summed E-state index contributed by atoms with van der Waals surface area (Å²) in [5.41, 5.74) is 3.21. The second-order valence-corrected chi connectivity index (χ2v) is 9.55. The third-order valence-corrected chi connectivity index (χ3v) is 7.52. The van der Waals surface area contributed by atoms with Gasteiger partial charge in [0.2, 0.25) is 5.91 Å². The molecule has 0 bridgehead atoms. The standard InChI is InChI=1S/C23H30N4O3S/c1-29-18-10-15-11-20(26-22(15)19(13-18)24-16-4-2-3-5-16)23-25-17(14-31-23)12-21(28)27-6-8-30-9-7-27/h10-11,13,16-17,24,26H,2-9,12,14H2,1H3. The zero-order chi connectivity index (χ0) is 21.2. The van der Waals surface area contributed by atoms with Gasteiger partial charge in [-0.2, -0.15) is 0 Å². The molecule has 2 aromatic rings. The van der Waals surface area contributed by atoms with E-state index < -0.39 is 0 Å². The fraction of sp³-hybridized carbons (Fsp3) is 0.565. The Morgan fingerprint density at radius 3 is 2.87 bits per heavy atom. The van der Waals surface area contributed by atoms with Gasteiger partial charge in [-0.25, -0.2) is 0 Å². The van der Waals surface area contributed by atoms with Crippen molar-refractivity contribution in [1.82, 2.24) is 9.88 Å². The van der Waals surface area contributed by atoms with Crippen LogP contribution in [0.25, 0.3) is 10.9 Å². The number of carbonyl (C=O) groups is 1. The SMILES string of the molecule is COc1cc(NC2CCCC2)c2[nH]c(C3=NC(CC(=O)N4CCOCC4)CS3)cc2c1. The lowest BCUT2D eigenvalue weighted by Crippen LogP contribution is -2.41. The number of aromatic nitrogens is 1. The Labute approximate surface area is 186 Å². The first-order valence-electron chi connectivity index (χ1n) is 11.2. The van der Waals surface area contributed by atoms with Crippen LogP contribution in [-0.4, -0.2) is 72.1 Å². The molecule has 1 saturated carbocycles. The normalized spacial score (nSPS) is 22.2. The highest BCUT2D eigenvalue weighted by Crippen LogP contribution is 2.34. The number of nitrogens with one attached hydrogen (secondary N) is 2. The molecule has 31 heavy (non-hydrogen) atoms. The molecule has 3 heterocycles. The van der Waals surface area contributed by atoms with Crippen LogP contribution in [0.2, 0.25) is 0 Å². The van der Waals surface area contributed by atoms with Crippen LogP contribution in [0.3, 0.4) is 0 Å². The predicted molar refractivity (Wildman–Crippen MR) is 126 cm³/mol. The van der Waals surface area contributed by atoms with Crippen molar-refractivity contribution < 1.29 is 14.3 Å². The van der Waals surface area contributed by atoms with Gasteiger partial charge in [-0.15, -0.1) is 11.8 Å². The number of fused-ring (bicyclic) bond motifs is 1. The van der Waals surface area contributed by atoms with Crippen molar-refractivity contribution in [3.05, 3.63) is 23.9 Å². The number of ether oxygens (including phenoxy) is 2. The summed E-state index contributed by atoms with van der Waals surface area (Å²) >= 11 is 1.73. The van der Waals surface area contributed by atoms with Crippen molar-refractivity contribution in [2.24, 2.45) is 4.99 Å². The van der Waals surface area contributed by atoms with Crippen molar-refractivity contribution in [1.29, 1.82) is 0 Å². The number of morpholine rings is 1. The van der Waals surface area contributed by atoms with Gasteiger partial charge in [0, 0.05) is 36.3 Å². The van der Waals surface area contributed by atoms with E-state index in [2.05, 4.69) is 28.5 Å². The Morgan fingerprint density at radius 1 is 1.29 bits per heavy atom. The van der Waals surface area contributed by atoms with Gasteiger partial charge < -0.3 is 24.7 Å². The van der Waals surface area contributed by atoms with Crippen LogP contribution in [0.1, 0.15) is 37.8 Å². The molecule has 2 fully saturated rings. The molecule has 3 aliphatic rings. The number of H-pyrrole nitrogens is 1. The Kier molecular flexibility index (Phi) is 6.09. The summed E-state index contributed by atoms with van der Waals surface area (Å²) in [5, 5.41) is 5.82. The largest absolute Gasteiger partial charge is 0.497 e. The Balaban J connectivity index is 1.34. The second kappa shape index (κ2) is 9.12. The molecular formula is C23H30N4O3S. The predicted octanol–water partition coefficient (Wildman–Crippen LogP) is 3.64. The van der Waals surface area contributed by atoms with Crippen LogP contribution in [0.5, 0.6) is 5.75 Å². The molecule has 0 spiro atoms. The maximum Gasteiger partial charge on any atom is 0.224 e. The quantitative estimate of drug-likeness (QED) is 0.714. The Bertz CT molecular complexity index is 977. The Morgan fingerprint density at radius 2 is 2.10 bits per heavy atom. The van der Waals surface area contributed by atoms with Crippen molar-refractivity contribution in [3.8, 4) is 5.75 Å². The fourth-order valence-electron chi connectivity index (χ4n) is 4.66. The van der Waals surface area contributed by atoms with E-state index in [-0.39, 0.29) is 11.9 Å². The summed E-state index contributed by atoms with van der Waals surface area (Å²) < 4.78 is 10.9. The summed E-state index contributed by atoms with van der Waals surface area (Å²) in [5.74, 6) is 1.88. The van der Waals surface area contributed by atoms with Crippen LogP contribution < -0.4 is 10.1 Å². The average Bonchev–Trinajstić information content (AvgIpc) is 3.55. The molecule has 2 aliphatic heterocycles. The number of aromatic amines is 1. The minimum Gasteiger partial charge on any atom is -0.497 e. The lowest BCUT2D eigenvalue weighted by atomic mass is 10.1. The van der Waals surface area contributed by atoms with Crippen LogP contribution >= 0.6 is 11.8 Å². The second-order valence-electron chi connectivity index (χ2n) is 8.54. The molecular weight excluding hydrogens is 412 g/mol. The van der Waals surface area contributed by atoms with E-state index in [1.165, 1.54) is 25.7 Å². The molecule has 7 nitrogen and oxygen atoms in total. The smallest absolute Gasteiger partial charge is 0.224 e. The molecule has 1 aromatic carbocycles. The number of anilines is 1. The molecule has 1 saturated heterocycles. The number of hydrogen-bond acceptors (Lipinski definition) is 6. The van der Waals surface area contributed by atoms with Gasteiger partial charge in [-0.1, -0.05) is 12.8 Å². The van der Waals surface area contributed by atoms with Gasteiger partial charge in [0.1, 0.15) is 10.8 Å². The first-order valence-corrected chi connectivity index (χ1v) is 12.2. The Hall–Kier alpha value is -2.19. The van der Waals surface area contributed by atoms with Gasteiger partial charge >= 0.3 is 0 Å². The number of benzene rings is 1. The van der Waals surface area contributed by atoms with E-state index in [1.54, 1.807) is 18.9 Å². The average molecular weight is 443 g/mol. The number of carbonyl (C=O) groups excluding carboxylic acids is 1. The van der Waals surface area contributed by atoms with Crippen molar-refractivity contribution in [2.45, 2.75) is 44.2 Å². The molecule has 8 heteroatoms. The molecule has 1 amide bonds. The number of hydrogen-bond donors (Lipinski definition) is 2. The minimum absolute atomic E-state index is 0.0346. The maximum atomic E-state index is 12.6. The summed E-state index contributed by atoms with van der Waals surface area (Å²) in [6, 6.07) is 6.85. The first kappa shape index (κ1) is 20.7. The molecule has 1 atom stereocenters. The number of aliphatic imine (C=N–C) groups is 1. The molecule has 0 radical (unpaired) electrons. The van der Waals surface area contributed by atoms with E-state index >= 15 is 0 Å². The van der Waals surface area contributed by atoms with Crippen LogP contribution in [0, 0.1) is 0 Å². The summed E-state index contributed by atoms with van der Waals surface area (Å²) in [7, 11) is 1.71. The molecule has 1 aliphatic carbocycles. The third-order valence-electron chi connectivity index (χ3n) is 6.37. The van der Waals surface area contributed by atoms with E-state index in [4.69, 9.17) is 14.5 Å². The summed E-state index contributed by atoms with van der Waals surface area (Å²) in [6.07, 6.45) is 5.48. The zero-order valence-corrected chi connectivity index (χ0v) is 18.8. The number of rotatable bonds is 6. The molecule has 2 N–H and O–H groups in total. The van der Waals surface area contributed by atoms with Gasteiger partial charge in [0.05, 0.1) is 49.7 Å². The van der Waals surface area contributed by atoms with Crippen LogP contribution in [0.4, 0.5) is 5.69 Å². The minimum atomic E-state index is 0.0346. The van der Waals surface area contributed by atoms with E-state index in [9.17, 15) is 4.79 Å². The maximum absolute atomic E-state index is 12.6. The lowest BCUT2D eigenvalue weighted by Gasteiger charge is -2.27. The topological polar surface area (TPSA) is 78.9 Å². The van der Waals surface area contributed by atoms with Crippen molar-refractivity contribution >= 4 is 39.3 Å². The number of methoxy groups -OCH3 is 1. The first-order chi connectivity index (χ1) is 15.2. The molecule has 1 aromatic heterocycles. The molecule has 166 valence electrons. The molecule has 5 rings (SSSR count). The van der Waals surface area contributed by atoms with Crippen molar-refractivity contribution in [3.63, 3.8) is 0 Å². The van der Waals surface area contributed by atoms with E-state index in [0.29, 0.717) is 38.8 Å². The number of nitrogens with zero attached hydrogens (tertiary/aromatic N) is 2. The summed E-state index contributed by atoms with van der Waals surface area (Å²) in [4.78, 5) is 22.9. The highest BCUT2D eigenvalue weighted by molar-refractivity contribution is 8.14. The zero-order valence-electron chi connectivity index (χ0n) is 18.0. The van der Waals surface area contributed by atoms with Gasteiger partial charge in [-0.05, 0) is 25.0 Å². The monoisotopic (exact) mass is 442 g/mol. The van der Waals surface area contributed by atoms with Crippen LogP contribution in [0.15, 0.2) is 23.2 Å². The third kappa shape index (κ3) is 4.55. The fourth-order valence-corrected chi connectivity index (χ4v) is 5.70. The highest BCUT2D eigenvalue weighted by atomic mass is 32.2. The lowest BCUT2D eigenvalue weighted by molar-refractivity contribution is -0.135. The van der Waals surface area contributed by atoms with E-state index in [1.807, 2.05) is 4.90 Å². The molecule has 1 unspecified atom stereocenters. The number of amides is 1. The van der Waals surface area contributed by atoms with Crippen LogP contribution in [-0.2, 0) is 9.53 Å². The van der Waals surface area contributed by atoms with E-state index in [0.717, 1.165) is 38.8 Å². The van der Waals surface area contributed by atoms with Gasteiger partial charge in [0.25, 0.3) is 0 Å². The van der Waals surface area contributed by atoms with Gasteiger partial charge in [0.15, 0.2) is 0 Å². The van der Waals surface area contributed by atoms with Crippen molar-refractivity contribution in [2.75, 3.05) is 44.5 Å². The van der Waals surface area contributed by atoms with Gasteiger partial charge in [-0.3, -0.25) is 9.79 Å². The highest BCUT2D eigenvalue weighted by Gasteiger charge is 2.26. The summed E-state index contributed by atoms with van der Waals surface area (Å²) in [6.45, 7) is 2.65.